The standard InChI is InChI=1S/C30H35N3O4.CH4/c1-6-8-28-25-17-30(37-5)29(36-4)16-24(25)22(18-32-28)14-20-13-21-15-23(35-3)10-11-27(21)33-26(20)9-7-12-31-19(2)34;/h10-11,13,15-18H,6-9,12,14H2,1-5H3,(H,31,34);1H4. The zero-order valence-electron chi connectivity index (χ0n) is 22.3. The summed E-state index contributed by atoms with van der Waals surface area (Å²) < 4.78 is 16.7. The van der Waals surface area contributed by atoms with Crippen molar-refractivity contribution in [2.24, 2.45) is 0 Å². The molecule has 2 heterocycles. The number of hydrogen-bond acceptors (Lipinski definition) is 6. The molecule has 4 rings (SSSR count). The predicted molar refractivity (Wildman–Crippen MR) is 154 cm³/mol. The Morgan fingerprint density at radius 3 is 2.29 bits per heavy atom. The molecule has 0 aliphatic carbocycles. The van der Waals surface area contributed by atoms with Gasteiger partial charge in [-0.05, 0) is 72.2 Å². The van der Waals surface area contributed by atoms with Crippen LogP contribution in [0.2, 0.25) is 0 Å². The maximum atomic E-state index is 11.3. The number of rotatable bonds is 11. The summed E-state index contributed by atoms with van der Waals surface area (Å²) in [6, 6.07) is 12.2. The minimum atomic E-state index is -0.0205. The number of methoxy groups -OCH3 is 3. The molecule has 1 N–H and O–H groups in total. The molecule has 2 aromatic heterocycles. The molecule has 0 aliphatic rings. The fourth-order valence-electron chi connectivity index (χ4n) is 4.72. The van der Waals surface area contributed by atoms with Crippen molar-refractivity contribution in [3.05, 3.63) is 65.1 Å². The van der Waals surface area contributed by atoms with Crippen LogP contribution in [0.4, 0.5) is 0 Å². The van der Waals surface area contributed by atoms with Crippen molar-refractivity contribution < 1.29 is 19.0 Å². The van der Waals surface area contributed by atoms with E-state index in [1.165, 1.54) is 6.92 Å². The van der Waals surface area contributed by atoms with Gasteiger partial charge < -0.3 is 19.5 Å². The van der Waals surface area contributed by atoms with E-state index in [9.17, 15) is 4.79 Å². The van der Waals surface area contributed by atoms with Gasteiger partial charge in [0.15, 0.2) is 11.5 Å². The molecule has 0 aliphatic heterocycles. The van der Waals surface area contributed by atoms with E-state index in [-0.39, 0.29) is 13.3 Å². The number of ether oxygens (including phenoxy) is 3. The van der Waals surface area contributed by atoms with Crippen molar-refractivity contribution in [1.29, 1.82) is 0 Å². The van der Waals surface area contributed by atoms with E-state index in [0.717, 1.165) is 75.6 Å². The van der Waals surface area contributed by atoms with Crippen LogP contribution in [0.5, 0.6) is 17.2 Å². The highest BCUT2D eigenvalue weighted by molar-refractivity contribution is 5.91. The van der Waals surface area contributed by atoms with Crippen LogP contribution >= 0.6 is 0 Å². The highest BCUT2D eigenvalue weighted by Crippen LogP contribution is 2.36. The maximum Gasteiger partial charge on any atom is 0.216 e. The minimum absolute atomic E-state index is 0. The number of aryl methyl sites for hydroxylation is 2. The molecule has 2 aromatic carbocycles. The second kappa shape index (κ2) is 13.1. The van der Waals surface area contributed by atoms with Gasteiger partial charge in [-0.15, -0.1) is 0 Å². The fraction of sp³-hybridized carbons (Fsp3) is 0.387. The van der Waals surface area contributed by atoms with Crippen LogP contribution in [0, 0.1) is 0 Å². The van der Waals surface area contributed by atoms with E-state index in [4.69, 9.17) is 24.2 Å². The lowest BCUT2D eigenvalue weighted by Gasteiger charge is -2.16. The zero-order chi connectivity index (χ0) is 26.4. The van der Waals surface area contributed by atoms with Crippen LogP contribution in [0.25, 0.3) is 21.7 Å². The topological polar surface area (TPSA) is 82.6 Å². The molecule has 4 aromatic rings. The first-order valence-electron chi connectivity index (χ1n) is 12.7. The predicted octanol–water partition coefficient (Wildman–Crippen LogP) is 6.06. The van der Waals surface area contributed by atoms with Crippen molar-refractivity contribution in [3.63, 3.8) is 0 Å². The van der Waals surface area contributed by atoms with E-state index in [1.54, 1.807) is 21.3 Å². The van der Waals surface area contributed by atoms with Gasteiger partial charge in [0.1, 0.15) is 5.75 Å². The summed E-state index contributed by atoms with van der Waals surface area (Å²) in [5.74, 6) is 2.17. The third kappa shape index (κ3) is 6.33. The van der Waals surface area contributed by atoms with E-state index in [0.29, 0.717) is 24.5 Å². The summed E-state index contributed by atoms with van der Waals surface area (Å²) in [4.78, 5) is 21.2. The van der Waals surface area contributed by atoms with Crippen molar-refractivity contribution in [2.45, 2.75) is 53.4 Å². The first-order chi connectivity index (χ1) is 18.0. The van der Waals surface area contributed by atoms with Gasteiger partial charge in [-0.3, -0.25) is 14.8 Å². The smallest absolute Gasteiger partial charge is 0.216 e. The Hall–Kier alpha value is -3.87. The van der Waals surface area contributed by atoms with Crippen LogP contribution < -0.4 is 19.5 Å². The molecular weight excluding hydrogens is 478 g/mol. The first-order valence-corrected chi connectivity index (χ1v) is 12.7. The lowest BCUT2D eigenvalue weighted by molar-refractivity contribution is -0.118. The Bertz CT molecular complexity index is 1420. The number of aromatic nitrogens is 2. The normalized spacial score (nSPS) is 10.8. The summed E-state index contributed by atoms with van der Waals surface area (Å²) in [5, 5.41) is 6.10. The molecule has 7 heteroatoms. The molecule has 0 radical (unpaired) electrons. The summed E-state index contributed by atoms with van der Waals surface area (Å²) >= 11 is 0. The number of nitrogens with zero attached hydrogens (tertiary/aromatic N) is 2. The molecular formula is C31H39N3O4. The van der Waals surface area contributed by atoms with Gasteiger partial charge in [-0.1, -0.05) is 20.8 Å². The SMILES string of the molecule is C.CCCc1ncc(Cc2cc3cc(OC)ccc3nc2CCCNC(C)=O)c2cc(OC)c(OC)cc12. The molecule has 38 heavy (non-hydrogen) atoms. The molecule has 0 unspecified atom stereocenters. The Balaban J connectivity index is 0.00000400. The largest absolute Gasteiger partial charge is 0.497 e. The van der Waals surface area contributed by atoms with E-state index in [1.807, 2.05) is 30.5 Å². The number of pyridine rings is 2. The molecule has 7 nitrogen and oxygen atoms in total. The number of hydrogen-bond donors (Lipinski definition) is 1. The number of amides is 1. The summed E-state index contributed by atoms with van der Waals surface area (Å²) in [6.07, 6.45) is 6.11. The monoisotopic (exact) mass is 517 g/mol. The van der Waals surface area contributed by atoms with Gasteiger partial charge in [0, 0.05) is 48.2 Å². The number of fused-ring (bicyclic) bond motifs is 2. The lowest BCUT2D eigenvalue weighted by Crippen LogP contribution is -2.21. The second-order valence-electron chi connectivity index (χ2n) is 9.15. The van der Waals surface area contributed by atoms with E-state index >= 15 is 0 Å². The molecule has 0 fully saturated rings. The van der Waals surface area contributed by atoms with Crippen LogP contribution in [0.1, 0.15) is 56.6 Å². The third-order valence-corrected chi connectivity index (χ3v) is 6.58. The number of nitrogens with one attached hydrogen (secondary N) is 1. The second-order valence-corrected chi connectivity index (χ2v) is 9.15. The summed E-state index contributed by atoms with van der Waals surface area (Å²) in [5.41, 5.74) is 5.23. The summed E-state index contributed by atoms with van der Waals surface area (Å²) in [7, 11) is 4.98. The highest BCUT2D eigenvalue weighted by atomic mass is 16.5. The third-order valence-electron chi connectivity index (χ3n) is 6.58. The van der Waals surface area contributed by atoms with Crippen molar-refractivity contribution in [3.8, 4) is 17.2 Å². The molecule has 0 atom stereocenters. The highest BCUT2D eigenvalue weighted by Gasteiger charge is 2.16. The van der Waals surface area contributed by atoms with Gasteiger partial charge in [0.25, 0.3) is 0 Å². The number of carbonyl (C=O) groups is 1. The van der Waals surface area contributed by atoms with Gasteiger partial charge in [0.05, 0.1) is 26.8 Å². The lowest BCUT2D eigenvalue weighted by atomic mass is 9.95. The Labute approximate surface area is 225 Å². The molecule has 202 valence electrons. The van der Waals surface area contributed by atoms with E-state index < -0.39 is 0 Å². The Morgan fingerprint density at radius 1 is 0.895 bits per heavy atom. The summed E-state index contributed by atoms with van der Waals surface area (Å²) in [6.45, 7) is 4.31. The van der Waals surface area contributed by atoms with Gasteiger partial charge in [-0.25, -0.2) is 0 Å². The quantitative estimate of drug-likeness (QED) is 0.244. The zero-order valence-corrected chi connectivity index (χ0v) is 22.3. The van der Waals surface area contributed by atoms with Gasteiger partial charge in [0.2, 0.25) is 5.91 Å². The molecule has 1 amide bonds. The number of benzene rings is 2. The van der Waals surface area contributed by atoms with Crippen molar-refractivity contribution in [1.82, 2.24) is 15.3 Å². The van der Waals surface area contributed by atoms with E-state index in [2.05, 4.69) is 24.4 Å². The van der Waals surface area contributed by atoms with Gasteiger partial charge in [-0.2, -0.15) is 0 Å². The van der Waals surface area contributed by atoms with Crippen LogP contribution in [0.3, 0.4) is 0 Å². The molecule has 0 bridgehead atoms. The first kappa shape index (κ1) is 28.7. The fourth-order valence-corrected chi connectivity index (χ4v) is 4.72. The molecule has 0 spiro atoms. The minimum Gasteiger partial charge on any atom is -0.497 e. The van der Waals surface area contributed by atoms with Crippen molar-refractivity contribution >= 4 is 27.6 Å². The van der Waals surface area contributed by atoms with Gasteiger partial charge >= 0.3 is 0 Å². The average Bonchev–Trinajstić information content (AvgIpc) is 2.91. The number of carbonyl (C=O) groups excluding carboxylic acids is 1. The van der Waals surface area contributed by atoms with Crippen LogP contribution in [0.15, 0.2) is 42.6 Å². The Morgan fingerprint density at radius 2 is 1.63 bits per heavy atom. The molecule has 0 saturated heterocycles. The van der Waals surface area contributed by atoms with Crippen LogP contribution in [-0.2, 0) is 24.1 Å². The van der Waals surface area contributed by atoms with Crippen molar-refractivity contribution in [2.75, 3.05) is 27.9 Å². The van der Waals surface area contributed by atoms with Crippen LogP contribution in [-0.4, -0.2) is 43.7 Å². The molecule has 0 saturated carbocycles. The Kier molecular flexibility index (Phi) is 9.88. The maximum absolute atomic E-state index is 11.3. The average molecular weight is 518 g/mol.